The number of nitrogens with zero attached hydrogens (tertiary/aromatic N) is 1. The summed E-state index contributed by atoms with van der Waals surface area (Å²) in [6, 6.07) is 16.2. The van der Waals surface area contributed by atoms with Crippen LogP contribution < -0.4 is 5.32 Å². The first-order valence-electron chi connectivity index (χ1n) is 6.97. The largest absolute Gasteiger partial charge is 0.306 e. The molecule has 3 atom stereocenters. The highest BCUT2D eigenvalue weighted by Crippen LogP contribution is 2.25. The van der Waals surface area contributed by atoms with Gasteiger partial charge >= 0.3 is 0 Å². The Hall–Kier alpha value is -0.950. The molecule has 0 aromatic heterocycles. The van der Waals surface area contributed by atoms with Gasteiger partial charge < -0.3 is 5.32 Å². The van der Waals surface area contributed by atoms with Crippen LogP contribution in [0.2, 0.25) is 0 Å². The molecule has 1 fully saturated rings. The van der Waals surface area contributed by atoms with E-state index in [4.69, 9.17) is 0 Å². The van der Waals surface area contributed by atoms with Gasteiger partial charge in [-0.2, -0.15) is 0 Å². The van der Waals surface area contributed by atoms with Crippen molar-refractivity contribution < 1.29 is 0 Å². The van der Waals surface area contributed by atoms with E-state index in [0.717, 1.165) is 6.54 Å². The van der Waals surface area contributed by atoms with E-state index in [2.05, 4.69) is 68.8 Å². The summed E-state index contributed by atoms with van der Waals surface area (Å²) >= 11 is 0. The Morgan fingerprint density at radius 2 is 2.00 bits per heavy atom. The first-order chi connectivity index (χ1) is 9.24. The Morgan fingerprint density at radius 3 is 2.79 bits per heavy atom. The Kier molecular flexibility index (Phi) is 3.83. The average molecular weight is 272 g/mol. The van der Waals surface area contributed by atoms with Crippen LogP contribution in [-0.4, -0.2) is 23.8 Å². The van der Waals surface area contributed by atoms with E-state index < -0.39 is 0 Å². The van der Waals surface area contributed by atoms with Crippen molar-refractivity contribution in [2.75, 3.05) is 13.1 Å². The van der Waals surface area contributed by atoms with Crippen LogP contribution in [0.15, 0.2) is 42.5 Å². The van der Waals surface area contributed by atoms with Crippen molar-refractivity contribution in [3.63, 3.8) is 0 Å². The van der Waals surface area contributed by atoms with Crippen LogP contribution >= 0.6 is 9.39 Å². The zero-order valence-corrected chi connectivity index (χ0v) is 12.5. The zero-order valence-electron chi connectivity index (χ0n) is 11.3. The molecule has 3 heteroatoms. The average Bonchev–Trinajstić information content (AvgIpc) is 2.83. The Labute approximate surface area is 117 Å². The van der Waals surface area contributed by atoms with E-state index >= 15 is 0 Å². The summed E-state index contributed by atoms with van der Waals surface area (Å²) in [6.07, 6.45) is 1.23. The molecular weight excluding hydrogens is 251 g/mol. The third-order valence-electron chi connectivity index (χ3n) is 4.00. The van der Waals surface area contributed by atoms with Crippen molar-refractivity contribution in [1.29, 1.82) is 0 Å². The molecule has 1 aliphatic rings. The number of hydrogen-bond donors (Lipinski definition) is 1. The molecule has 0 aliphatic carbocycles. The third kappa shape index (κ3) is 2.81. The van der Waals surface area contributed by atoms with Gasteiger partial charge in [-0.3, -0.25) is 4.67 Å². The van der Waals surface area contributed by atoms with Gasteiger partial charge in [-0.1, -0.05) is 51.9 Å². The van der Waals surface area contributed by atoms with Gasteiger partial charge in [0.15, 0.2) is 0 Å². The van der Waals surface area contributed by atoms with E-state index in [1.165, 1.54) is 29.3 Å². The van der Waals surface area contributed by atoms with Gasteiger partial charge in [-0.25, -0.2) is 0 Å². The molecule has 2 nitrogen and oxygen atoms in total. The number of benzene rings is 2. The molecule has 100 valence electrons. The van der Waals surface area contributed by atoms with Crippen LogP contribution in [0.3, 0.4) is 0 Å². The summed E-state index contributed by atoms with van der Waals surface area (Å²) in [4.78, 5) is 0. The zero-order chi connectivity index (χ0) is 13.2. The van der Waals surface area contributed by atoms with Crippen molar-refractivity contribution in [3.05, 3.63) is 48.0 Å². The lowest BCUT2D eigenvalue weighted by Crippen LogP contribution is -2.32. The second kappa shape index (κ2) is 5.58. The SMILES string of the molecule is CC(NC1CCN(P)C1)c1cccc2ccccc12. The van der Waals surface area contributed by atoms with Crippen LogP contribution in [0.1, 0.15) is 24.9 Å². The van der Waals surface area contributed by atoms with Crippen LogP contribution in [0.5, 0.6) is 0 Å². The quantitative estimate of drug-likeness (QED) is 0.862. The lowest BCUT2D eigenvalue weighted by molar-refractivity contribution is 0.461. The molecule has 0 radical (unpaired) electrons. The molecule has 2 aromatic carbocycles. The number of fused-ring (bicyclic) bond motifs is 1. The molecule has 0 amide bonds. The molecule has 1 saturated heterocycles. The smallest absolute Gasteiger partial charge is 0.0301 e. The standard InChI is InChI=1S/C16H21N2P/c1-12(17-14-9-10-18(19)11-14)15-8-4-6-13-5-2-3-7-16(13)15/h2-8,12,14,17H,9-11,19H2,1H3. The first-order valence-corrected chi connectivity index (χ1v) is 7.49. The first kappa shape index (κ1) is 13.1. The maximum Gasteiger partial charge on any atom is 0.0301 e. The predicted molar refractivity (Wildman–Crippen MR) is 85.2 cm³/mol. The molecule has 1 aliphatic heterocycles. The Bertz CT molecular complexity index is 564. The van der Waals surface area contributed by atoms with E-state index in [0.29, 0.717) is 12.1 Å². The monoisotopic (exact) mass is 272 g/mol. The van der Waals surface area contributed by atoms with E-state index in [-0.39, 0.29) is 0 Å². The van der Waals surface area contributed by atoms with Gasteiger partial charge in [-0.15, -0.1) is 0 Å². The van der Waals surface area contributed by atoms with Gasteiger partial charge in [0, 0.05) is 25.2 Å². The molecular formula is C16H21N2P. The van der Waals surface area contributed by atoms with Gasteiger partial charge in [0.05, 0.1) is 0 Å². The number of nitrogens with one attached hydrogen (secondary N) is 1. The summed E-state index contributed by atoms with van der Waals surface area (Å²) in [7, 11) is 2.80. The van der Waals surface area contributed by atoms with Crippen LogP contribution in [0.4, 0.5) is 0 Å². The van der Waals surface area contributed by atoms with Crippen molar-refractivity contribution in [3.8, 4) is 0 Å². The minimum absolute atomic E-state index is 0.396. The van der Waals surface area contributed by atoms with Gasteiger partial charge in [0.2, 0.25) is 0 Å². The minimum Gasteiger partial charge on any atom is -0.306 e. The van der Waals surface area contributed by atoms with Crippen molar-refractivity contribution in [2.45, 2.75) is 25.4 Å². The van der Waals surface area contributed by atoms with Gasteiger partial charge in [0.1, 0.15) is 0 Å². The maximum absolute atomic E-state index is 3.76. The van der Waals surface area contributed by atoms with E-state index in [1.54, 1.807) is 0 Å². The molecule has 1 heterocycles. The van der Waals surface area contributed by atoms with Gasteiger partial charge in [0.25, 0.3) is 0 Å². The minimum atomic E-state index is 0.396. The lowest BCUT2D eigenvalue weighted by Gasteiger charge is -2.21. The number of rotatable bonds is 3. The number of hydrogen-bond acceptors (Lipinski definition) is 2. The predicted octanol–water partition coefficient (Wildman–Crippen LogP) is 3.35. The molecule has 3 unspecified atom stereocenters. The summed E-state index contributed by atoms with van der Waals surface area (Å²) in [6.45, 7) is 4.57. The molecule has 1 N–H and O–H groups in total. The fraction of sp³-hybridized carbons (Fsp3) is 0.375. The van der Waals surface area contributed by atoms with Crippen molar-refractivity contribution >= 4 is 20.2 Å². The summed E-state index contributed by atoms with van der Waals surface area (Å²) in [5.74, 6) is 0. The normalized spacial score (nSPS) is 21.9. The summed E-state index contributed by atoms with van der Waals surface area (Å²) in [5, 5.41) is 6.46. The van der Waals surface area contributed by atoms with Gasteiger partial charge in [-0.05, 0) is 29.7 Å². The van der Waals surface area contributed by atoms with Crippen LogP contribution in [0, 0.1) is 0 Å². The summed E-state index contributed by atoms with van der Waals surface area (Å²) < 4.78 is 2.31. The molecule has 0 spiro atoms. The fourth-order valence-electron chi connectivity index (χ4n) is 2.99. The second-order valence-corrected chi connectivity index (χ2v) is 6.17. The highest BCUT2D eigenvalue weighted by Gasteiger charge is 2.21. The topological polar surface area (TPSA) is 15.3 Å². The lowest BCUT2D eigenvalue weighted by atomic mass is 9.99. The molecule has 19 heavy (non-hydrogen) atoms. The third-order valence-corrected chi connectivity index (χ3v) is 4.46. The highest BCUT2D eigenvalue weighted by atomic mass is 31.0. The fourth-order valence-corrected chi connectivity index (χ4v) is 3.40. The molecule has 0 saturated carbocycles. The maximum atomic E-state index is 3.76. The molecule has 2 aromatic rings. The van der Waals surface area contributed by atoms with E-state index in [9.17, 15) is 0 Å². The van der Waals surface area contributed by atoms with Crippen LogP contribution in [0.25, 0.3) is 10.8 Å². The molecule has 3 rings (SSSR count). The highest BCUT2D eigenvalue weighted by molar-refractivity contribution is 7.13. The van der Waals surface area contributed by atoms with Crippen molar-refractivity contribution in [2.24, 2.45) is 0 Å². The van der Waals surface area contributed by atoms with Crippen LogP contribution in [-0.2, 0) is 0 Å². The molecule has 0 bridgehead atoms. The second-order valence-electron chi connectivity index (χ2n) is 5.44. The summed E-state index contributed by atoms with van der Waals surface area (Å²) in [5.41, 5.74) is 1.40. The Balaban J connectivity index is 1.83. The van der Waals surface area contributed by atoms with E-state index in [1.807, 2.05) is 0 Å². The van der Waals surface area contributed by atoms with Crippen molar-refractivity contribution in [1.82, 2.24) is 9.99 Å². The Morgan fingerprint density at radius 1 is 1.21 bits per heavy atom.